The summed E-state index contributed by atoms with van der Waals surface area (Å²) in [6.07, 6.45) is -3.51. The first-order valence-corrected chi connectivity index (χ1v) is 9.50. The van der Waals surface area contributed by atoms with Crippen LogP contribution in [-0.2, 0) is 11.7 Å². The molecule has 1 N–H and O–H groups in total. The van der Waals surface area contributed by atoms with Gasteiger partial charge in [0.2, 0.25) is 0 Å². The van der Waals surface area contributed by atoms with Crippen molar-refractivity contribution in [2.45, 2.75) is 31.5 Å². The maximum absolute atomic E-state index is 13.4. The van der Waals surface area contributed by atoms with Gasteiger partial charge in [-0.25, -0.2) is 0 Å². The lowest BCUT2D eigenvalue weighted by Crippen LogP contribution is -2.36. The van der Waals surface area contributed by atoms with Gasteiger partial charge < -0.3 is 15.0 Å². The molecule has 0 unspecified atom stereocenters. The van der Waals surface area contributed by atoms with E-state index in [-0.39, 0.29) is 5.56 Å². The number of alkyl halides is 3. The molecule has 1 aliphatic carbocycles. The van der Waals surface area contributed by atoms with Gasteiger partial charge >= 0.3 is 6.18 Å². The topological polar surface area (TPSA) is 41.6 Å². The summed E-state index contributed by atoms with van der Waals surface area (Å²) in [4.78, 5) is 14.9. The molecule has 7 heteroatoms. The van der Waals surface area contributed by atoms with E-state index in [4.69, 9.17) is 4.74 Å². The second-order valence-electron chi connectivity index (χ2n) is 7.71. The van der Waals surface area contributed by atoms with Gasteiger partial charge in [-0.2, -0.15) is 13.2 Å². The molecule has 0 aromatic heterocycles. The lowest BCUT2D eigenvalue weighted by molar-refractivity contribution is -0.138. The summed E-state index contributed by atoms with van der Waals surface area (Å²) in [6.45, 7) is 2.99. The van der Waals surface area contributed by atoms with Gasteiger partial charge in [-0.1, -0.05) is 24.3 Å². The number of ether oxygens (including phenoxy) is 1. The molecular formula is C22H25F3N2O2. The molecule has 0 radical (unpaired) electrons. The predicted octanol–water partition coefficient (Wildman–Crippen LogP) is 4.37. The zero-order valence-corrected chi connectivity index (χ0v) is 16.8. The molecule has 0 bridgehead atoms. The molecule has 4 nitrogen and oxygen atoms in total. The minimum atomic E-state index is -4.47. The second kappa shape index (κ2) is 8.06. The first-order chi connectivity index (χ1) is 13.6. The molecule has 29 heavy (non-hydrogen) atoms. The lowest BCUT2D eigenvalue weighted by atomic mass is 9.97. The number of nitrogens with one attached hydrogen (secondary N) is 1. The number of hydrogen-bond donors (Lipinski definition) is 1. The first-order valence-electron chi connectivity index (χ1n) is 9.50. The molecule has 1 saturated carbocycles. The fourth-order valence-electron chi connectivity index (χ4n) is 3.30. The highest BCUT2D eigenvalue weighted by molar-refractivity contribution is 5.96. The molecule has 2 aromatic carbocycles. The second-order valence-corrected chi connectivity index (χ2v) is 7.71. The summed E-state index contributed by atoms with van der Waals surface area (Å²) in [7, 11) is 3.87. The van der Waals surface area contributed by atoms with Crippen LogP contribution in [0.2, 0.25) is 0 Å². The summed E-state index contributed by atoms with van der Waals surface area (Å²) in [5, 5.41) is 2.85. The zero-order chi connectivity index (χ0) is 21.2. The molecule has 1 aliphatic rings. The third-order valence-corrected chi connectivity index (χ3v) is 5.11. The van der Waals surface area contributed by atoms with E-state index < -0.39 is 23.2 Å². The number of nitrogens with zero attached hydrogens (tertiary/aromatic N) is 1. The van der Waals surface area contributed by atoms with E-state index in [2.05, 4.69) is 5.32 Å². The molecule has 2 aromatic rings. The van der Waals surface area contributed by atoms with Gasteiger partial charge in [-0.05, 0) is 63.2 Å². The van der Waals surface area contributed by atoms with Crippen molar-refractivity contribution in [2.24, 2.45) is 0 Å². The molecule has 0 saturated heterocycles. The van der Waals surface area contributed by atoms with Crippen molar-refractivity contribution in [1.82, 2.24) is 10.2 Å². The van der Waals surface area contributed by atoms with Gasteiger partial charge in [0, 0.05) is 12.1 Å². The van der Waals surface area contributed by atoms with E-state index in [0.29, 0.717) is 30.8 Å². The van der Waals surface area contributed by atoms with E-state index in [0.717, 1.165) is 18.2 Å². The summed E-state index contributed by atoms with van der Waals surface area (Å²) < 4.78 is 46.0. The average molecular weight is 406 g/mol. The number of benzene rings is 2. The average Bonchev–Trinajstić information content (AvgIpc) is 3.42. The lowest BCUT2D eigenvalue weighted by Gasteiger charge is -2.23. The molecule has 156 valence electrons. The van der Waals surface area contributed by atoms with Gasteiger partial charge in [0.05, 0.1) is 11.1 Å². The van der Waals surface area contributed by atoms with E-state index in [9.17, 15) is 18.0 Å². The Morgan fingerprint density at radius 3 is 2.48 bits per heavy atom. The summed E-state index contributed by atoms with van der Waals surface area (Å²) in [5.74, 6) is 0.165. The normalized spacial score (nSPS) is 15.3. The standard InChI is InChI=1S/C22H25F3N2O2/c1-15-8-9-16(29-13-12-27(2)3)14-17(15)20(28)26-21(10-11-21)18-6-4-5-7-19(18)22(23,24)25/h4-9,14H,10-13H2,1-3H3,(H,26,28). The number of amides is 1. The van der Waals surface area contributed by atoms with Crippen LogP contribution in [-0.4, -0.2) is 38.1 Å². The van der Waals surface area contributed by atoms with Crippen LogP contribution in [0.25, 0.3) is 0 Å². The molecule has 3 rings (SSSR count). The number of carbonyl (C=O) groups excluding carboxylic acids is 1. The Morgan fingerprint density at radius 2 is 1.86 bits per heavy atom. The van der Waals surface area contributed by atoms with Crippen molar-refractivity contribution in [2.75, 3.05) is 27.2 Å². The Bertz CT molecular complexity index is 890. The Balaban J connectivity index is 1.81. The Morgan fingerprint density at radius 1 is 1.17 bits per heavy atom. The summed E-state index contributed by atoms with van der Waals surface area (Å²) in [6, 6.07) is 10.7. The molecule has 0 atom stereocenters. The molecule has 0 spiro atoms. The first kappa shape index (κ1) is 21.2. The number of likely N-dealkylation sites (N-methyl/N-ethyl adjacent to an activating group) is 1. The Hall–Kier alpha value is -2.54. The van der Waals surface area contributed by atoms with E-state index in [1.165, 1.54) is 12.1 Å². The van der Waals surface area contributed by atoms with Crippen molar-refractivity contribution in [3.8, 4) is 5.75 Å². The van der Waals surface area contributed by atoms with E-state index in [1.54, 1.807) is 31.2 Å². The van der Waals surface area contributed by atoms with Crippen LogP contribution in [0, 0.1) is 6.92 Å². The van der Waals surface area contributed by atoms with Crippen LogP contribution >= 0.6 is 0 Å². The van der Waals surface area contributed by atoms with Crippen molar-refractivity contribution < 1.29 is 22.7 Å². The third kappa shape index (κ3) is 4.90. The minimum absolute atomic E-state index is 0.122. The highest BCUT2D eigenvalue weighted by atomic mass is 19.4. The van der Waals surface area contributed by atoms with Crippen molar-refractivity contribution in [3.63, 3.8) is 0 Å². The largest absolute Gasteiger partial charge is 0.492 e. The highest BCUT2D eigenvalue weighted by Gasteiger charge is 2.50. The third-order valence-electron chi connectivity index (χ3n) is 5.11. The number of hydrogen-bond acceptors (Lipinski definition) is 3. The van der Waals surface area contributed by atoms with Gasteiger partial charge in [-0.15, -0.1) is 0 Å². The maximum Gasteiger partial charge on any atom is 0.416 e. The zero-order valence-electron chi connectivity index (χ0n) is 16.8. The van der Waals surface area contributed by atoms with Gasteiger partial charge in [0.1, 0.15) is 12.4 Å². The van der Waals surface area contributed by atoms with Crippen LogP contribution in [0.4, 0.5) is 13.2 Å². The quantitative estimate of drug-likeness (QED) is 0.742. The summed E-state index contributed by atoms with van der Waals surface area (Å²) >= 11 is 0. The molecule has 0 heterocycles. The van der Waals surface area contributed by atoms with Gasteiger partial charge in [0.25, 0.3) is 5.91 Å². The van der Waals surface area contributed by atoms with E-state index in [1.807, 2.05) is 19.0 Å². The van der Waals surface area contributed by atoms with Crippen LogP contribution in [0.1, 0.15) is 39.9 Å². The molecule has 1 amide bonds. The Kier molecular flexibility index (Phi) is 5.89. The molecule has 1 fully saturated rings. The van der Waals surface area contributed by atoms with E-state index >= 15 is 0 Å². The van der Waals surface area contributed by atoms with Crippen LogP contribution < -0.4 is 10.1 Å². The highest BCUT2D eigenvalue weighted by Crippen LogP contribution is 2.49. The Labute approximate surface area is 168 Å². The number of aryl methyl sites for hydroxylation is 1. The fourth-order valence-corrected chi connectivity index (χ4v) is 3.30. The number of carbonyl (C=O) groups is 1. The SMILES string of the molecule is Cc1ccc(OCCN(C)C)cc1C(=O)NC1(c2ccccc2C(F)(F)F)CC1. The monoisotopic (exact) mass is 406 g/mol. The number of halogens is 3. The number of rotatable bonds is 7. The minimum Gasteiger partial charge on any atom is -0.492 e. The van der Waals surface area contributed by atoms with Crippen LogP contribution in [0.5, 0.6) is 5.75 Å². The molecule has 0 aliphatic heterocycles. The van der Waals surface area contributed by atoms with Gasteiger partial charge in [0.15, 0.2) is 0 Å². The van der Waals surface area contributed by atoms with Crippen LogP contribution in [0.15, 0.2) is 42.5 Å². The van der Waals surface area contributed by atoms with Crippen molar-refractivity contribution in [1.29, 1.82) is 0 Å². The van der Waals surface area contributed by atoms with Gasteiger partial charge in [-0.3, -0.25) is 4.79 Å². The molecular weight excluding hydrogens is 381 g/mol. The maximum atomic E-state index is 13.4. The fraction of sp³-hybridized carbons (Fsp3) is 0.409. The predicted molar refractivity (Wildman–Crippen MR) is 105 cm³/mol. The summed E-state index contributed by atoms with van der Waals surface area (Å²) in [5.41, 5.74) is -0.407. The van der Waals surface area contributed by atoms with Crippen molar-refractivity contribution >= 4 is 5.91 Å². The smallest absolute Gasteiger partial charge is 0.416 e. The van der Waals surface area contributed by atoms with Crippen LogP contribution in [0.3, 0.4) is 0 Å². The van der Waals surface area contributed by atoms with Crippen molar-refractivity contribution in [3.05, 3.63) is 64.7 Å².